The molecule has 41 heavy (non-hydrogen) atoms. The number of nitrogens with zero attached hydrogens (tertiary/aromatic N) is 5. The van der Waals surface area contributed by atoms with Crippen molar-refractivity contribution < 1.29 is 23.1 Å². The molecule has 0 radical (unpaired) electrons. The highest BCUT2D eigenvalue weighted by molar-refractivity contribution is 7.21. The Morgan fingerprint density at radius 2 is 1.88 bits per heavy atom. The molecule has 212 valence electrons. The van der Waals surface area contributed by atoms with E-state index in [9.17, 15) is 18.4 Å². The van der Waals surface area contributed by atoms with Gasteiger partial charge in [0.1, 0.15) is 21.2 Å². The number of halogens is 3. The van der Waals surface area contributed by atoms with Crippen molar-refractivity contribution in [3.63, 3.8) is 0 Å². The van der Waals surface area contributed by atoms with Crippen molar-refractivity contribution in [2.75, 3.05) is 5.32 Å². The van der Waals surface area contributed by atoms with Crippen LogP contribution in [0, 0.1) is 20.8 Å². The SMILES string of the molecule is Cc1cc(OCn2ccc(C(=O)Nc3c(C(N)=O)sc4nc(C(F)F)cc(-c5cnn(C)c5C)c34)n2)cc(C)c1Cl. The summed E-state index contributed by atoms with van der Waals surface area (Å²) in [5.74, 6) is -0.894. The smallest absolute Gasteiger partial charge is 0.280 e. The first-order valence-electron chi connectivity index (χ1n) is 12.2. The molecule has 14 heteroatoms. The number of primary amides is 1. The highest BCUT2D eigenvalue weighted by atomic mass is 35.5. The molecular formula is C27H24ClF2N7O3S. The van der Waals surface area contributed by atoms with E-state index in [4.69, 9.17) is 22.1 Å². The van der Waals surface area contributed by atoms with Crippen LogP contribution in [0.25, 0.3) is 21.3 Å². The van der Waals surface area contributed by atoms with Crippen LogP contribution in [0.15, 0.2) is 36.7 Å². The molecule has 5 aromatic rings. The molecule has 0 aliphatic rings. The third-order valence-electron chi connectivity index (χ3n) is 6.54. The number of nitrogens with two attached hydrogens (primary N) is 1. The number of hydrogen-bond acceptors (Lipinski definition) is 7. The Morgan fingerprint density at radius 1 is 1.17 bits per heavy atom. The number of aryl methyl sites for hydroxylation is 3. The zero-order chi connectivity index (χ0) is 29.6. The predicted molar refractivity (Wildman–Crippen MR) is 152 cm³/mol. The van der Waals surface area contributed by atoms with Crippen LogP contribution in [0.1, 0.15) is 49.1 Å². The van der Waals surface area contributed by atoms with E-state index >= 15 is 0 Å². The maximum Gasteiger partial charge on any atom is 0.280 e. The van der Waals surface area contributed by atoms with Crippen molar-refractivity contribution in [1.82, 2.24) is 24.5 Å². The van der Waals surface area contributed by atoms with Crippen molar-refractivity contribution in [2.24, 2.45) is 12.8 Å². The summed E-state index contributed by atoms with van der Waals surface area (Å²) in [7, 11) is 1.71. The standard InChI is InChI=1S/C27H24ClF2N7O3S/c1-12-7-15(8-13(2)21(12)28)40-11-37-6-5-18(35-37)26(39)34-22-20-16(17-10-32-36(4)14(17)3)9-19(24(29)30)33-27(20)41-23(22)25(31)38/h5-10,24H,11H2,1-4H3,(H2,31,38)(H,34,39). The number of carbonyl (C=O) groups is 2. The van der Waals surface area contributed by atoms with Crippen LogP contribution in [0.4, 0.5) is 14.5 Å². The van der Waals surface area contributed by atoms with E-state index in [0.29, 0.717) is 33.0 Å². The van der Waals surface area contributed by atoms with Gasteiger partial charge in [0.2, 0.25) is 0 Å². The summed E-state index contributed by atoms with van der Waals surface area (Å²) in [6.45, 7) is 5.54. The molecular weight excluding hydrogens is 576 g/mol. The first-order valence-corrected chi connectivity index (χ1v) is 13.4. The number of rotatable bonds is 8. The van der Waals surface area contributed by atoms with Crippen LogP contribution in [0.3, 0.4) is 0 Å². The lowest BCUT2D eigenvalue weighted by atomic mass is 10.0. The van der Waals surface area contributed by atoms with Gasteiger partial charge in [0.05, 0.1) is 11.9 Å². The fraction of sp³-hybridized carbons (Fsp3) is 0.222. The lowest BCUT2D eigenvalue weighted by Gasteiger charge is -2.11. The number of pyridine rings is 1. The van der Waals surface area contributed by atoms with E-state index in [0.717, 1.165) is 22.5 Å². The van der Waals surface area contributed by atoms with E-state index < -0.39 is 23.9 Å². The molecule has 0 unspecified atom stereocenters. The molecule has 0 spiro atoms. The first kappa shape index (κ1) is 28.2. The van der Waals surface area contributed by atoms with Crippen LogP contribution in [-0.4, -0.2) is 36.4 Å². The molecule has 0 saturated carbocycles. The van der Waals surface area contributed by atoms with Crippen molar-refractivity contribution in [1.29, 1.82) is 0 Å². The Balaban J connectivity index is 1.49. The predicted octanol–water partition coefficient (Wildman–Crippen LogP) is 5.80. The number of hydrogen-bond donors (Lipinski definition) is 2. The molecule has 0 atom stereocenters. The molecule has 4 heterocycles. The van der Waals surface area contributed by atoms with Gasteiger partial charge in [0.15, 0.2) is 12.4 Å². The number of aromatic nitrogens is 5. The number of amides is 2. The number of thiophene rings is 1. The lowest BCUT2D eigenvalue weighted by molar-refractivity contribution is 0.100. The summed E-state index contributed by atoms with van der Waals surface area (Å²) < 4.78 is 36.3. The summed E-state index contributed by atoms with van der Waals surface area (Å²) in [5.41, 5.74) is 8.54. The molecule has 0 aliphatic carbocycles. The molecule has 0 fully saturated rings. The maximum atomic E-state index is 13.8. The molecule has 0 aliphatic heterocycles. The molecule has 3 N–H and O–H groups in total. The summed E-state index contributed by atoms with van der Waals surface area (Å²) in [6, 6.07) is 6.31. The van der Waals surface area contributed by atoms with Crippen molar-refractivity contribution in [3.05, 3.63) is 74.8 Å². The van der Waals surface area contributed by atoms with Gasteiger partial charge in [0.25, 0.3) is 18.2 Å². The number of anilines is 1. The van der Waals surface area contributed by atoms with Gasteiger partial charge in [-0.25, -0.2) is 18.4 Å². The van der Waals surface area contributed by atoms with Gasteiger partial charge in [-0.1, -0.05) is 11.6 Å². The van der Waals surface area contributed by atoms with Crippen molar-refractivity contribution in [3.8, 4) is 16.9 Å². The monoisotopic (exact) mass is 599 g/mol. The number of ether oxygens (including phenoxy) is 1. The molecule has 0 bridgehead atoms. The highest BCUT2D eigenvalue weighted by Gasteiger charge is 2.26. The Kier molecular flexibility index (Phi) is 7.49. The zero-order valence-corrected chi connectivity index (χ0v) is 23.9. The largest absolute Gasteiger partial charge is 0.471 e. The van der Waals surface area contributed by atoms with Gasteiger partial charge in [-0.2, -0.15) is 10.2 Å². The topological polar surface area (TPSA) is 130 Å². The number of alkyl halides is 2. The average Bonchev–Trinajstić information content (AvgIpc) is 3.63. The van der Waals surface area contributed by atoms with Crippen molar-refractivity contribution in [2.45, 2.75) is 33.9 Å². The number of nitrogens with one attached hydrogen (secondary N) is 1. The fourth-order valence-corrected chi connectivity index (χ4v) is 5.48. The van der Waals surface area contributed by atoms with Crippen LogP contribution in [0.5, 0.6) is 5.75 Å². The average molecular weight is 600 g/mol. The normalized spacial score (nSPS) is 11.4. The van der Waals surface area contributed by atoms with Gasteiger partial charge < -0.3 is 15.8 Å². The molecule has 1 aromatic carbocycles. The number of fused-ring (bicyclic) bond motifs is 1. The lowest BCUT2D eigenvalue weighted by Crippen LogP contribution is -2.18. The Morgan fingerprint density at radius 3 is 2.49 bits per heavy atom. The molecule has 0 saturated heterocycles. The molecule has 4 aromatic heterocycles. The second-order valence-electron chi connectivity index (χ2n) is 9.35. The highest BCUT2D eigenvalue weighted by Crippen LogP contribution is 2.43. The third-order valence-corrected chi connectivity index (χ3v) is 8.23. The van der Waals surface area contributed by atoms with E-state index in [2.05, 4.69) is 20.5 Å². The Hall–Kier alpha value is -4.36. The summed E-state index contributed by atoms with van der Waals surface area (Å²) in [6.07, 6.45) is 0.226. The minimum absolute atomic E-state index is 0.0203. The number of benzene rings is 1. The van der Waals surface area contributed by atoms with E-state index in [1.165, 1.54) is 23.0 Å². The van der Waals surface area contributed by atoms with E-state index in [1.54, 1.807) is 37.0 Å². The van der Waals surface area contributed by atoms with E-state index in [1.807, 2.05) is 13.8 Å². The summed E-state index contributed by atoms with van der Waals surface area (Å²) >= 11 is 7.04. The van der Waals surface area contributed by atoms with Crippen LogP contribution < -0.4 is 15.8 Å². The zero-order valence-electron chi connectivity index (χ0n) is 22.3. The Labute approximate surface area is 241 Å². The van der Waals surface area contributed by atoms with Crippen LogP contribution >= 0.6 is 22.9 Å². The quantitative estimate of drug-likeness (QED) is 0.232. The molecule has 2 amide bonds. The van der Waals surface area contributed by atoms with E-state index in [-0.39, 0.29) is 27.8 Å². The molecule has 10 nitrogen and oxygen atoms in total. The fourth-order valence-electron chi connectivity index (χ4n) is 4.36. The second kappa shape index (κ2) is 10.9. The first-order chi connectivity index (χ1) is 19.4. The number of carbonyl (C=O) groups excluding carboxylic acids is 2. The van der Waals surface area contributed by atoms with Gasteiger partial charge in [-0.3, -0.25) is 14.3 Å². The van der Waals surface area contributed by atoms with Gasteiger partial charge >= 0.3 is 0 Å². The maximum absolute atomic E-state index is 13.8. The second-order valence-corrected chi connectivity index (χ2v) is 10.7. The van der Waals surface area contributed by atoms with Gasteiger partial charge in [-0.15, -0.1) is 11.3 Å². The van der Waals surface area contributed by atoms with Gasteiger partial charge in [0, 0.05) is 34.9 Å². The minimum Gasteiger partial charge on any atom is -0.471 e. The molecule has 5 rings (SSSR count). The summed E-state index contributed by atoms with van der Waals surface area (Å²) in [4.78, 5) is 29.8. The van der Waals surface area contributed by atoms with Gasteiger partial charge in [-0.05, 0) is 61.7 Å². The minimum atomic E-state index is -2.86. The summed E-state index contributed by atoms with van der Waals surface area (Å²) in [5, 5.41) is 12.2. The van der Waals surface area contributed by atoms with Crippen LogP contribution in [-0.2, 0) is 13.8 Å². The third kappa shape index (κ3) is 5.37. The Bertz CT molecular complexity index is 1810. The van der Waals surface area contributed by atoms with Crippen molar-refractivity contribution >= 4 is 50.7 Å². The van der Waals surface area contributed by atoms with Crippen LogP contribution in [0.2, 0.25) is 5.02 Å².